The van der Waals surface area contributed by atoms with E-state index in [1.165, 1.54) is 125 Å². The number of nitrogens with zero attached hydrogens (tertiary/aromatic N) is 5. The molecule has 1 aromatic heterocycles. The number of aromatic hydroxyl groups is 1. The lowest BCUT2D eigenvalue weighted by atomic mass is 9.86. The van der Waals surface area contributed by atoms with Gasteiger partial charge < -0.3 is 19.8 Å². The second-order valence-electron chi connectivity index (χ2n) is 15.9. The van der Waals surface area contributed by atoms with Crippen LogP contribution in [0.25, 0.3) is 10.9 Å². The Labute approximate surface area is 351 Å². The molecule has 0 bridgehead atoms. The van der Waals surface area contributed by atoms with E-state index in [0.29, 0.717) is 5.56 Å². The van der Waals surface area contributed by atoms with Gasteiger partial charge in [-0.1, -0.05) is 114 Å². The van der Waals surface area contributed by atoms with Crippen molar-refractivity contribution in [3.63, 3.8) is 0 Å². The summed E-state index contributed by atoms with van der Waals surface area (Å²) < 4.78 is 12.4. The minimum atomic E-state index is -0.366. The van der Waals surface area contributed by atoms with E-state index in [1.54, 1.807) is 6.92 Å². The minimum absolute atomic E-state index is 0.0295. The van der Waals surface area contributed by atoms with Crippen molar-refractivity contribution in [1.29, 1.82) is 0 Å². The second kappa shape index (κ2) is 30.1. The number of phenols is 1. The number of phenolic OH excluding ortho intramolecular Hbond substituents is 1. The highest BCUT2D eigenvalue weighted by Gasteiger charge is 2.32. The number of anilines is 1. The molecule has 2 aromatic carbocycles. The maximum atomic E-state index is 12.4. The summed E-state index contributed by atoms with van der Waals surface area (Å²) >= 11 is 0. The first-order chi connectivity index (χ1) is 27.4. The van der Waals surface area contributed by atoms with Crippen LogP contribution in [0.1, 0.15) is 145 Å². The SMILES string of the molecule is C=C.CC.CC.CCC.CCCC.CCN1CCN(C2CCN(C3CCN(c4c(C)cnc5ccc(C(C)(C)C)cc45)CC3)CC2)CC1.Cc1ccc(O)cc1F. The molecule has 3 aliphatic rings. The van der Waals surface area contributed by atoms with Crippen LogP contribution in [-0.2, 0) is 5.41 Å². The highest BCUT2D eigenvalue weighted by atomic mass is 19.1. The predicted molar refractivity (Wildman–Crippen MR) is 252 cm³/mol. The normalized spacial score (nSPS) is 16.6. The Balaban J connectivity index is 0.00000118. The molecule has 0 radical (unpaired) electrons. The summed E-state index contributed by atoms with van der Waals surface area (Å²) in [5.41, 5.74) is 5.95. The average Bonchev–Trinajstić information content (AvgIpc) is 3.25. The first-order valence-electron chi connectivity index (χ1n) is 22.7. The fourth-order valence-electron chi connectivity index (χ4n) is 7.26. The van der Waals surface area contributed by atoms with Crippen LogP contribution in [0.15, 0.2) is 55.8 Å². The van der Waals surface area contributed by atoms with E-state index < -0.39 is 0 Å². The number of piperazine rings is 1. The van der Waals surface area contributed by atoms with Gasteiger partial charge >= 0.3 is 0 Å². The Morgan fingerprint density at radius 2 is 1.19 bits per heavy atom. The summed E-state index contributed by atoms with van der Waals surface area (Å²) in [5, 5.41) is 10.0. The Bertz CT molecular complexity index is 1450. The number of unbranched alkanes of at least 4 members (excludes halogenated alkanes) is 1. The van der Waals surface area contributed by atoms with Gasteiger partial charge in [0.15, 0.2) is 0 Å². The van der Waals surface area contributed by atoms with Crippen LogP contribution >= 0.6 is 0 Å². The summed E-state index contributed by atoms with van der Waals surface area (Å²) in [4.78, 5) is 15.6. The average molecular weight is 794 g/mol. The molecule has 0 saturated carbocycles. The van der Waals surface area contributed by atoms with Crippen LogP contribution < -0.4 is 4.90 Å². The zero-order valence-corrected chi connectivity index (χ0v) is 39.5. The first-order valence-corrected chi connectivity index (χ1v) is 22.7. The smallest absolute Gasteiger partial charge is 0.129 e. The van der Waals surface area contributed by atoms with Crippen LogP contribution in [0.3, 0.4) is 0 Å². The highest BCUT2D eigenvalue weighted by Crippen LogP contribution is 2.35. The summed E-state index contributed by atoms with van der Waals surface area (Å²) in [7, 11) is 0. The van der Waals surface area contributed by atoms with Crippen molar-refractivity contribution < 1.29 is 9.50 Å². The summed E-state index contributed by atoms with van der Waals surface area (Å²) in [6.45, 7) is 46.9. The largest absolute Gasteiger partial charge is 0.508 e. The molecule has 1 N–H and O–H groups in total. The van der Waals surface area contributed by atoms with Gasteiger partial charge in [0.1, 0.15) is 11.6 Å². The lowest BCUT2D eigenvalue weighted by Gasteiger charge is -2.46. The summed E-state index contributed by atoms with van der Waals surface area (Å²) in [6, 6.07) is 12.5. The van der Waals surface area contributed by atoms with E-state index in [4.69, 9.17) is 10.1 Å². The summed E-state index contributed by atoms with van der Waals surface area (Å²) in [6.07, 6.45) is 11.2. The van der Waals surface area contributed by atoms with Crippen molar-refractivity contribution >= 4 is 16.6 Å². The standard InChI is InChI=1S/C30H47N5.C7H7FO.C4H10.C3H8.2C2H6.C2H4/c1-6-32-17-19-34(20-18-32)26-9-13-33(14-10-26)25-11-15-35(16-12-25)29-23(2)22-31-28-8-7-24(21-27(28)29)30(3,4)5;1-5-2-3-6(9)4-7(5)8;1-3-4-2;1-3-2;3*1-2/h7-8,21-22,25-26H,6,9-20H2,1-5H3;2-4,9H,1H3;3-4H2,1-2H3;3H2,1-2H3;2*1-2H3;1-2H2. The Morgan fingerprint density at radius 1 is 0.702 bits per heavy atom. The van der Waals surface area contributed by atoms with Gasteiger partial charge in [0, 0.05) is 69.0 Å². The lowest BCUT2D eigenvalue weighted by molar-refractivity contribution is 0.0450. The molecule has 0 aliphatic carbocycles. The van der Waals surface area contributed by atoms with Gasteiger partial charge in [-0.3, -0.25) is 9.88 Å². The number of pyridine rings is 1. The van der Waals surface area contributed by atoms with Crippen molar-refractivity contribution in [1.82, 2.24) is 19.7 Å². The molecule has 0 spiro atoms. The number of likely N-dealkylation sites (tertiary alicyclic amines) is 1. The van der Waals surface area contributed by atoms with Crippen LogP contribution in [0.4, 0.5) is 10.1 Å². The number of fused-ring (bicyclic) bond motifs is 1. The zero-order valence-electron chi connectivity index (χ0n) is 39.5. The van der Waals surface area contributed by atoms with Crippen LogP contribution in [-0.4, -0.2) is 95.8 Å². The number of piperidine rings is 2. The molecule has 4 heterocycles. The highest BCUT2D eigenvalue weighted by molar-refractivity contribution is 5.94. The predicted octanol–water partition coefficient (Wildman–Crippen LogP) is 12.8. The Hall–Kier alpha value is -3.00. The number of aromatic nitrogens is 1. The van der Waals surface area contributed by atoms with Crippen LogP contribution in [0, 0.1) is 19.7 Å². The molecular weight excluding hydrogens is 706 g/mol. The van der Waals surface area contributed by atoms with E-state index in [2.05, 4.69) is 119 Å². The van der Waals surface area contributed by atoms with Gasteiger partial charge in [-0.05, 0) is 99.5 Å². The molecule has 3 aliphatic heterocycles. The third-order valence-electron chi connectivity index (χ3n) is 10.7. The van der Waals surface area contributed by atoms with Crippen LogP contribution in [0.2, 0.25) is 0 Å². The Morgan fingerprint density at radius 3 is 1.63 bits per heavy atom. The lowest BCUT2D eigenvalue weighted by Crippen LogP contribution is -2.55. The Kier molecular flexibility index (Phi) is 28.5. The topological polar surface area (TPSA) is 46.1 Å². The number of halogens is 1. The molecule has 0 amide bonds. The van der Waals surface area contributed by atoms with Crippen molar-refractivity contribution in [3.05, 3.63) is 78.3 Å². The van der Waals surface area contributed by atoms with E-state index >= 15 is 0 Å². The number of hydrogen-bond acceptors (Lipinski definition) is 6. The van der Waals surface area contributed by atoms with Gasteiger partial charge in [0.2, 0.25) is 0 Å². The molecule has 3 saturated heterocycles. The molecule has 6 nitrogen and oxygen atoms in total. The number of rotatable bonds is 5. The molecule has 7 heteroatoms. The van der Waals surface area contributed by atoms with E-state index in [9.17, 15) is 4.39 Å². The van der Waals surface area contributed by atoms with E-state index in [-0.39, 0.29) is 17.0 Å². The molecule has 326 valence electrons. The summed E-state index contributed by atoms with van der Waals surface area (Å²) in [5.74, 6) is -0.395. The molecule has 57 heavy (non-hydrogen) atoms. The monoisotopic (exact) mass is 794 g/mol. The third-order valence-corrected chi connectivity index (χ3v) is 10.7. The third kappa shape index (κ3) is 18.2. The van der Waals surface area contributed by atoms with Crippen molar-refractivity contribution in [2.75, 3.05) is 63.8 Å². The number of aryl methyl sites for hydroxylation is 2. The maximum absolute atomic E-state index is 12.4. The number of benzene rings is 2. The van der Waals surface area contributed by atoms with Gasteiger partial charge in [0.25, 0.3) is 0 Å². The van der Waals surface area contributed by atoms with Gasteiger partial charge in [-0.2, -0.15) is 0 Å². The zero-order chi connectivity index (χ0) is 43.6. The first kappa shape index (κ1) is 54.0. The quantitative estimate of drug-likeness (QED) is 0.260. The minimum Gasteiger partial charge on any atom is -0.508 e. The van der Waals surface area contributed by atoms with Crippen molar-refractivity contribution in [3.8, 4) is 5.75 Å². The fraction of sp³-hybridized carbons (Fsp3) is 0.660. The molecule has 0 atom stereocenters. The molecule has 6 rings (SSSR count). The van der Waals surface area contributed by atoms with Gasteiger partial charge in [0.05, 0.1) is 11.2 Å². The second-order valence-corrected chi connectivity index (χ2v) is 15.9. The molecule has 3 aromatic rings. The molecule has 3 fully saturated rings. The molecule has 0 unspecified atom stereocenters. The van der Waals surface area contributed by atoms with Gasteiger partial charge in [-0.15, -0.1) is 13.2 Å². The van der Waals surface area contributed by atoms with Crippen LogP contribution in [0.5, 0.6) is 5.75 Å². The van der Waals surface area contributed by atoms with Crippen molar-refractivity contribution in [2.45, 2.75) is 159 Å². The molecular formula is C50H88FN5O. The fourth-order valence-corrected chi connectivity index (χ4v) is 7.26. The van der Waals surface area contributed by atoms with Crippen molar-refractivity contribution in [2.24, 2.45) is 0 Å². The van der Waals surface area contributed by atoms with E-state index in [1.807, 2.05) is 27.7 Å². The maximum Gasteiger partial charge on any atom is 0.129 e. The number of hydrogen-bond donors (Lipinski definition) is 1. The van der Waals surface area contributed by atoms with E-state index in [0.717, 1.165) is 36.8 Å². The van der Waals surface area contributed by atoms with Gasteiger partial charge in [-0.25, -0.2) is 4.39 Å². The number of likely N-dealkylation sites (N-methyl/N-ethyl adjacent to an activating group) is 1.